The largest absolute Gasteiger partial charge is 0.487 e. The first kappa shape index (κ1) is 22.5. The van der Waals surface area contributed by atoms with Crippen molar-refractivity contribution in [3.8, 4) is 5.75 Å². The summed E-state index contributed by atoms with van der Waals surface area (Å²) in [6.45, 7) is 7.62. The highest BCUT2D eigenvalue weighted by Crippen LogP contribution is 2.41. The van der Waals surface area contributed by atoms with E-state index in [1.165, 1.54) is 11.6 Å². The lowest BCUT2D eigenvalue weighted by Crippen LogP contribution is -2.36. The van der Waals surface area contributed by atoms with Gasteiger partial charge in [0.1, 0.15) is 0 Å². The molecule has 1 aromatic heterocycles. The van der Waals surface area contributed by atoms with Crippen LogP contribution in [0.2, 0.25) is 0 Å². The molecule has 0 spiro atoms. The van der Waals surface area contributed by atoms with Crippen molar-refractivity contribution in [2.75, 3.05) is 11.5 Å². The molecule has 3 aromatic rings. The third-order valence-electron chi connectivity index (χ3n) is 6.04. The normalized spacial score (nSPS) is 15.1. The maximum absolute atomic E-state index is 13.9. The Bertz CT molecular complexity index is 1150. The van der Waals surface area contributed by atoms with E-state index in [9.17, 15) is 14.9 Å². The number of ether oxygens (including phenoxy) is 1. The van der Waals surface area contributed by atoms with Gasteiger partial charge in [-0.05, 0) is 37.0 Å². The first-order valence-electron chi connectivity index (χ1n) is 11.2. The molecule has 172 valence electrons. The number of benzene rings is 2. The molecule has 0 saturated heterocycles. The number of carbonyl (C=O) groups excluding carboxylic acids is 1. The van der Waals surface area contributed by atoms with Crippen molar-refractivity contribution in [2.45, 2.75) is 52.1 Å². The van der Waals surface area contributed by atoms with Gasteiger partial charge in [-0.3, -0.25) is 19.6 Å². The molecule has 2 aromatic carbocycles. The first-order chi connectivity index (χ1) is 15.9. The number of aryl methyl sites for hydroxylation is 1. The molecule has 0 aliphatic carbocycles. The number of hydrogen-bond donors (Lipinski definition) is 0. The van der Waals surface area contributed by atoms with E-state index in [-0.39, 0.29) is 24.0 Å². The maximum Gasteiger partial charge on any atom is 0.311 e. The fourth-order valence-electron chi connectivity index (χ4n) is 4.18. The van der Waals surface area contributed by atoms with Crippen molar-refractivity contribution >= 4 is 17.3 Å². The molecule has 1 atom stereocenters. The fourth-order valence-corrected chi connectivity index (χ4v) is 4.18. The zero-order valence-corrected chi connectivity index (χ0v) is 19.1. The first-order valence-corrected chi connectivity index (χ1v) is 11.2. The summed E-state index contributed by atoms with van der Waals surface area (Å²) in [6, 6.07) is 12.8. The predicted molar refractivity (Wildman–Crippen MR) is 126 cm³/mol. The van der Waals surface area contributed by atoms with Crippen molar-refractivity contribution in [3.05, 3.63) is 81.7 Å². The van der Waals surface area contributed by atoms with Crippen LogP contribution < -0.4 is 9.64 Å². The predicted octanol–water partition coefficient (Wildman–Crippen LogP) is 5.03. The Balaban J connectivity index is 1.72. The Morgan fingerprint density at radius 2 is 2.03 bits per heavy atom. The van der Waals surface area contributed by atoms with Crippen LogP contribution in [0, 0.1) is 10.1 Å². The van der Waals surface area contributed by atoms with Gasteiger partial charge in [0, 0.05) is 35.6 Å². The van der Waals surface area contributed by atoms with Gasteiger partial charge in [-0.25, -0.2) is 0 Å². The van der Waals surface area contributed by atoms with Gasteiger partial charge < -0.3 is 9.64 Å². The average Bonchev–Trinajstić information content (AvgIpc) is 3.29. The Morgan fingerprint density at radius 1 is 1.27 bits per heavy atom. The minimum absolute atomic E-state index is 0.109. The van der Waals surface area contributed by atoms with E-state index >= 15 is 0 Å². The number of aromatic nitrogens is 2. The number of nitrogens with zero attached hydrogens (tertiary/aromatic N) is 4. The molecule has 1 unspecified atom stereocenters. The Morgan fingerprint density at radius 3 is 2.67 bits per heavy atom. The second-order valence-electron chi connectivity index (χ2n) is 8.52. The van der Waals surface area contributed by atoms with Gasteiger partial charge in [0.2, 0.25) is 11.7 Å². The lowest BCUT2D eigenvalue weighted by atomic mass is 9.90. The van der Waals surface area contributed by atoms with Crippen LogP contribution in [0.15, 0.2) is 54.9 Å². The summed E-state index contributed by atoms with van der Waals surface area (Å²) in [5.74, 6) is -0.0591. The summed E-state index contributed by atoms with van der Waals surface area (Å²) in [4.78, 5) is 26.7. The van der Waals surface area contributed by atoms with Gasteiger partial charge in [0.05, 0.1) is 30.2 Å². The second-order valence-corrected chi connectivity index (χ2v) is 8.52. The molecule has 33 heavy (non-hydrogen) atoms. The SMILES string of the molecule is CCn1cc(CN(C(=O)C2CCOc3c2cccc3[N+](=O)[O-])c2ccc(C(C)C)cc2)cn1. The van der Waals surface area contributed by atoms with Gasteiger partial charge in [-0.2, -0.15) is 5.10 Å². The number of rotatable bonds is 7. The zero-order valence-electron chi connectivity index (χ0n) is 19.1. The van der Waals surface area contributed by atoms with Crippen LogP contribution >= 0.6 is 0 Å². The van der Waals surface area contributed by atoms with Gasteiger partial charge in [0.25, 0.3) is 0 Å². The van der Waals surface area contributed by atoms with Crippen molar-refractivity contribution in [1.82, 2.24) is 9.78 Å². The van der Waals surface area contributed by atoms with Crippen LogP contribution in [-0.2, 0) is 17.9 Å². The Kier molecular flexibility index (Phi) is 6.44. The highest BCUT2D eigenvalue weighted by Gasteiger charge is 2.35. The van der Waals surface area contributed by atoms with E-state index in [4.69, 9.17) is 4.74 Å². The van der Waals surface area contributed by atoms with Crippen LogP contribution in [0.1, 0.15) is 55.7 Å². The summed E-state index contributed by atoms with van der Waals surface area (Å²) < 4.78 is 7.46. The number of hydrogen-bond acceptors (Lipinski definition) is 5. The lowest BCUT2D eigenvalue weighted by Gasteiger charge is -2.31. The van der Waals surface area contributed by atoms with Crippen LogP contribution in [0.25, 0.3) is 0 Å². The molecular formula is C25H28N4O4. The van der Waals surface area contributed by atoms with Gasteiger partial charge >= 0.3 is 5.69 Å². The molecule has 8 heteroatoms. The molecule has 1 aliphatic heterocycles. The molecule has 4 rings (SSSR count). The number of amides is 1. The third kappa shape index (κ3) is 4.60. The molecule has 1 aliphatic rings. The number of carbonyl (C=O) groups is 1. The van der Waals surface area contributed by atoms with E-state index in [1.807, 2.05) is 42.1 Å². The van der Waals surface area contributed by atoms with E-state index < -0.39 is 10.8 Å². The third-order valence-corrected chi connectivity index (χ3v) is 6.04. The summed E-state index contributed by atoms with van der Waals surface area (Å²) >= 11 is 0. The Hall–Kier alpha value is -3.68. The van der Waals surface area contributed by atoms with Crippen molar-refractivity contribution in [3.63, 3.8) is 0 Å². The highest BCUT2D eigenvalue weighted by atomic mass is 16.6. The van der Waals surface area contributed by atoms with Crippen LogP contribution in [-0.4, -0.2) is 27.2 Å². The number of fused-ring (bicyclic) bond motifs is 1. The minimum Gasteiger partial charge on any atom is -0.487 e. The molecule has 0 radical (unpaired) electrons. The van der Waals surface area contributed by atoms with Crippen LogP contribution in [0.4, 0.5) is 11.4 Å². The summed E-state index contributed by atoms with van der Waals surface area (Å²) in [5.41, 5.74) is 3.35. The standard InChI is InChI=1S/C25H28N4O4/c1-4-27-15-18(14-26-27)16-28(20-10-8-19(9-11-20)17(2)3)25(30)22-12-13-33-24-21(22)6-5-7-23(24)29(31)32/h5-11,14-15,17,22H,4,12-13,16H2,1-3H3. The highest BCUT2D eigenvalue weighted by molar-refractivity contribution is 5.98. The molecule has 2 heterocycles. The number of para-hydroxylation sites is 1. The van der Waals surface area contributed by atoms with Gasteiger partial charge in [0.15, 0.2) is 0 Å². The van der Waals surface area contributed by atoms with E-state index in [0.29, 0.717) is 24.4 Å². The maximum atomic E-state index is 13.9. The number of anilines is 1. The van der Waals surface area contributed by atoms with Gasteiger partial charge in [-0.1, -0.05) is 38.1 Å². The fraction of sp³-hybridized carbons (Fsp3) is 0.360. The second kappa shape index (κ2) is 9.44. The molecule has 8 nitrogen and oxygen atoms in total. The average molecular weight is 449 g/mol. The zero-order chi connectivity index (χ0) is 23.5. The monoisotopic (exact) mass is 448 g/mol. The van der Waals surface area contributed by atoms with E-state index in [1.54, 1.807) is 23.2 Å². The molecule has 0 bridgehead atoms. The molecular weight excluding hydrogens is 420 g/mol. The molecule has 0 saturated carbocycles. The van der Waals surface area contributed by atoms with Gasteiger partial charge in [-0.15, -0.1) is 0 Å². The van der Waals surface area contributed by atoms with E-state index in [0.717, 1.165) is 17.8 Å². The van der Waals surface area contributed by atoms with Crippen LogP contribution in [0.3, 0.4) is 0 Å². The molecule has 0 N–H and O–H groups in total. The smallest absolute Gasteiger partial charge is 0.311 e. The summed E-state index contributed by atoms with van der Waals surface area (Å²) in [7, 11) is 0. The Labute approximate surface area is 192 Å². The molecule has 0 fully saturated rings. The minimum atomic E-state index is -0.528. The van der Waals surface area contributed by atoms with Crippen molar-refractivity contribution in [2.24, 2.45) is 0 Å². The van der Waals surface area contributed by atoms with E-state index in [2.05, 4.69) is 18.9 Å². The molecule has 1 amide bonds. The quantitative estimate of drug-likeness (QED) is 0.373. The topological polar surface area (TPSA) is 90.5 Å². The van der Waals surface area contributed by atoms with Crippen molar-refractivity contribution in [1.29, 1.82) is 0 Å². The lowest BCUT2D eigenvalue weighted by molar-refractivity contribution is -0.386. The number of nitro benzene ring substituents is 1. The number of nitro groups is 1. The summed E-state index contributed by atoms with van der Waals surface area (Å²) in [5, 5.41) is 15.8. The summed E-state index contributed by atoms with van der Waals surface area (Å²) in [6.07, 6.45) is 4.17. The van der Waals surface area contributed by atoms with Crippen molar-refractivity contribution < 1.29 is 14.5 Å². The van der Waals surface area contributed by atoms with Crippen LogP contribution in [0.5, 0.6) is 5.75 Å².